The quantitative estimate of drug-likeness (QED) is 0.0264. The molecule has 0 aromatic heterocycles. The zero-order chi connectivity index (χ0) is 42.8. The SMILES string of the molecule is CCCCCCCCOC(CCCC(C)CC(C)CC(C)CC(C)CC(C)I)OC(CCCC(C)CC(C)CC(C)CC(C)CC(C)I)OCCCCCCCC. The molecule has 12 atom stereocenters. The molecule has 0 aliphatic carbocycles. The first kappa shape index (κ1) is 58.3. The van der Waals surface area contributed by atoms with Crippen molar-refractivity contribution in [1.82, 2.24) is 0 Å². The fourth-order valence-corrected chi connectivity index (χ4v) is 11.8. The third-order valence-corrected chi connectivity index (χ3v) is 13.5. The Morgan fingerprint density at radius 3 is 0.912 bits per heavy atom. The van der Waals surface area contributed by atoms with Crippen molar-refractivity contribution in [3.63, 3.8) is 0 Å². The molecule has 0 aromatic rings. The van der Waals surface area contributed by atoms with Crippen LogP contribution in [0.4, 0.5) is 0 Å². The van der Waals surface area contributed by atoms with E-state index in [0.29, 0.717) is 0 Å². The Hall–Kier alpha value is 1.34. The van der Waals surface area contributed by atoms with Gasteiger partial charge in [0.15, 0.2) is 12.6 Å². The van der Waals surface area contributed by atoms with E-state index in [1.807, 2.05) is 0 Å². The summed E-state index contributed by atoms with van der Waals surface area (Å²) in [5.74, 6) is 6.39. The van der Waals surface area contributed by atoms with Crippen molar-refractivity contribution in [2.45, 2.75) is 270 Å². The standard InChI is InChI=1S/C52H104I2O3/c1-13-15-17-19-21-23-31-55-51(29-25-27-41(3)33-43(5)35-45(7)37-47(9)39-49(11)53)57-52(56-32-24-22-20-18-16-14-2)30-26-28-42(4)34-44(6)36-46(8)38-48(10)40-50(12)54/h41-52H,13-40H2,1-12H3. The summed E-state index contributed by atoms with van der Waals surface area (Å²) in [6.45, 7) is 30.8. The molecule has 0 heterocycles. The molecule has 0 amide bonds. The fraction of sp³-hybridized carbons (Fsp3) is 1.00. The molecule has 0 fully saturated rings. The first-order valence-electron chi connectivity index (χ1n) is 25.3. The summed E-state index contributed by atoms with van der Waals surface area (Å²) in [4.78, 5) is 0. The van der Waals surface area contributed by atoms with Gasteiger partial charge in [-0.1, -0.05) is 205 Å². The van der Waals surface area contributed by atoms with Gasteiger partial charge in [0.25, 0.3) is 0 Å². The largest absolute Gasteiger partial charge is 0.353 e. The van der Waals surface area contributed by atoms with Crippen LogP contribution in [0.25, 0.3) is 0 Å². The van der Waals surface area contributed by atoms with E-state index in [1.54, 1.807) is 0 Å². The molecule has 0 aliphatic rings. The topological polar surface area (TPSA) is 27.7 Å². The van der Waals surface area contributed by atoms with Gasteiger partial charge < -0.3 is 14.2 Å². The van der Waals surface area contributed by atoms with Crippen LogP contribution in [0.15, 0.2) is 0 Å². The molecular weight excluding hydrogens is 926 g/mol. The van der Waals surface area contributed by atoms with E-state index in [9.17, 15) is 0 Å². The number of ether oxygens (including phenoxy) is 3. The molecule has 5 heteroatoms. The molecule has 0 saturated heterocycles. The van der Waals surface area contributed by atoms with Crippen molar-refractivity contribution in [2.75, 3.05) is 13.2 Å². The van der Waals surface area contributed by atoms with Gasteiger partial charge in [0.05, 0.1) is 0 Å². The summed E-state index contributed by atoms with van der Waals surface area (Å²) in [6, 6.07) is 0. The minimum atomic E-state index is -0.155. The zero-order valence-corrected chi connectivity index (χ0v) is 45.0. The third-order valence-electron chi connectivity index (χ3n) is 12.5. The number of rotatable bonds is 42. The summed E-state index contributed by atoms with van der Waals surface area (Å²) >= 11 is 5.18. The molecule has 0 spiro atoms. The smallest absolute Gasteiger partial charge is 0.160 e. The van der Waals surface area contributed by atoms with Gasteiger partial charge in [-0.25, -0.2) is 0 Å². The Kier molecular flexibility index (Phi) is 39.9. The predicted molar refractivity (Wildman–Crippen MR) is 272 cm³/mol. The fourth-order valence-electron chi connectivity index (χ4n) is 10.1. The maximum absolute atomic E-state index is 6.85. The minimum Gasteiger partial charge on any atom is -0.353 e. The summed E-state index contributed by atoms with van der Waals surface area (Å²) in [5.41, 5.74) is 0. The molecule has 12 unspecified atom stereocenters. The first-order valence-corrected chi connectivity index (χ1v) is 27.8. The maximum atomic E-state index is 6.85. The Bertz CT molecular complexity index is 772. The molecule has 0 bridgehead atoms. The van der Waals surface area contributed by atoms with Gasteiger partial charge in [0.2, 0.25) is 0 Å². The van der Waals surface area contributed by atoms with Crippen molar-refractivity contribution in [3.8, 4) is 0 Å². The van der Waals surface area contributed by atoms with E-state index in [2.05, 4.69) is 128 Å². The Labute approximate surface area is 387 Å². The van der Waals surface area contributed by atoms with Crippen LogP contribution in [0.1, 0.15) is 250 Å². The summed E-state index contributed by atoms with van der Waals surface area (Å²) in [6.07, 6.45) is 32.8. The van der Waals surface area contributed by atoms with Crippen LogP contribution in [0.5, 0.6) is 0 Å². The maximum Gasteiger partial charge on any atom is 0.160 e. The van der Waals surface area contributed by atoms with Gasteiger partial charge in [-0.15, -0.1) is 0 Å². The average molecular weight is 1030 g/mol. The Morgan fingerprint density at radius 1 is 0.316 bits per heavy atom. The average Bonchev–Trinajstić information content (AvgIpc) is 3.09. The van der Waals surface area contributed by atoms with Crippen molar-refractivity contribution in [3.05, 3.63) is 0 Å². The number of halogens is 2. The monoisotopic (exact) mass is 1030 g/mol. The molecule has 3 nitrogen and oxygen atoms in total. The molecule has 0 rings (SSSR count). The Morgan fingerprint density at radius 2 is 0.596 bits per heavy atom. The summed E-state index contributed by atoms with van der Waals surface area (Å²) in [5, 5.41) is 0. The summed E-state index contributed by atoms with van der Waals surface area (Å²) in [7, 11) is 0. The van der Waals surface area contributed by atoms with E-state index in [-0.39, 0.29) is 12.6 Å². The summed E-state index contributed by atoms with van der Waals surface area (Å²) < 4.78 is 21.6. The second-order valence-corrected chi connectivity index (χ2v) is 24.7. The van der Waals surface area contributed by atoms with Gasteiger partial charge in [-0.2, -0.15) is 0 Å². The first-order chi connectivity index (χ1) is 27.1. The minimum absolute atomic E-state index is 0.155. The molecular formula is C52H104I2O3. The lowest BCUT2D eigenvalue weighted by Crippen LogP contribution is -2.28. The van der Waals surface area contributed by atoms with Crippen molar-refractivity contribution in [1.29, 1.82) is 0 Å². The van der Waals surface area contributed by atoms with E-state index < -0.39 is 0 Å². The van der Waals surface area contributed by atoms with Gasteiger partial charge in [-0.05, 0) is 137 Å². The lowest BCUT2D eigenvalue weighted by Gasteiger charge is -2.27. The van der Waals surface area contributed by atoms with Crippen molar-refractivity contribution in [2.24, 2.45) is 47.3 Å². The van der Waals surface area contributed by atoms with Crippen LogP contribution in [0, 0.1) is 47.3 Å². The number of alkyl halides is 2. The second-order valence-electron chi connectivity index (χ2n) is 20.4. The van der Waals surface area contributed by atoms with Crippen LogP contribution in [0.3, 0.4) is 0 Å². The van der Waals surface area contributed by atoms with Gasteiger partial charge >= 0.3 is 0 Å². The van der Waals surface area contributed by atoms with Crippen LogP contribution < -0.4 is 0 Å². The highest BCUT2D eigenvalue weighted by Gasteiger charge is 2.21. The highest BCUT2D eigenvalue weighted by atomic mass is 127. The number of hydrogen-bond acceptors (Lipinski definition) is 3. The van der Waals surface area contributed by atoms with Crippen LogP contribution in [-0.2, 0) is 14.2 Å². The second kappa shape index (κ2) is 39.0. The van der Waals surface area contributed by atoms with Gasteiger partial charge in [-0.3, -0.25) is 0 Å². The van der Waals surface area contributed by atoms with Gasteiger partial charge in [0.1, 0.15) is 0 Å². The molecule has 0 aromatic carbocycles. The van der Waals surface area contributed by atoms with Crippen molar-refractivity contribution >= 4 is 45.2 Å². The van der Waals surface area contributed by atoms with Crippen molar-refractivity contribution < 1.29 is 14.2 Å². The van der Waals surface area contributed by atoms with E-state index in [1.165, 1.54) is 141 Å². The van der Waals surface area contributed by atoms with Crippen LogP contribution in [0.2, 0.25) is 0 Å². The van der Waals surface area contributed by atoms with E-state index in [0.717, 1.165) is 94.1 Å². The zero-order valence-electron chi connectivity index (χ0n) is 40.7. The molecule has 0 aliphatic heterocycles. The lowest BCUT2D eigenvalue weighted by atomic mass is 9.83. The predicted octanol–water partition coefficient (Wildman–Crippen LogP) is 18.6. The highest BCUT2D eigenvalue weighted by Crippen LogP contribution is 2.30. The Balaban J connectivity index is 5.27. The van der Waals surface area contributed by atoms with Crippen LogP contribution in [-0.4, -0.2) is 33.6 Å². The molecule has 57 heavy (non-hydrogen) atoms. The number of unbranched alkanes of at least 4 members (excludes halogenated alkanes) is 10. The molecule has 0 saturated carbocycles. The lowest BCUT2D eigenvalue weighted by molar-refractivity contribution is -0.250. The normalized spacial score (nSPS) is 18.6. The molecule has 344 valence electrons. The highest BCUT2D eigenvalue weighted by molar-refractivity contribution is 14.1. The van der Waals surface area contributed by atoms with Gasteiger partial charge in [0, 0.05) is 21.1 Å². The number of hydrogen-bond donors (Lipinski definition) is 0. The van der Waals surface area contributed by atoms with Crippen LogP contribution >= 0.6 is 45.2 Å². The molecule has 0 N–H and O–H groups in total. The molecule has 0 radical (unpaired) electrons. The van der Waals surface area contributed by atoms with E-state index in [4.69, 9.17) is 14.2 Å². The van der Waals surface area contributed by atoms with E-state index >= 15 is 0 Å². The third kappa shape index (κ3) is 38.7.